The van der Waals surface area contributed by atoms with Gasteiger partial charge in [-0.05, 0) is 29.6 Å². The number of nitrogens with zero attached hydrogens (tertiary/aromatic N) is 2. The van der Waals surface area contributed by atoms with Gasteiger partial charge in [0.05, 0.1) is 16.0 Å². The summed E-state index contributed by atoms with van der Waals surface area (Å²) in [6, 6.07) is 5.73. The molecule has 0 bridgehead atoms. The number of rotatable bonds is 2. The molecule has 0 saturated heterocycles. The van der Waals surface area contributed by atoms with Crippen LogP contribution < -0.4 is 0 Å². The van der Waals surface area contributed by atoms with Crippen molar-refractivity contribution in [2.45, 2.75) is 6.18 Å². The van der Waals surface area contributed by atoms with E-state index in [9.17, 15) is 17.6 Å². The molecule has 3 aromatic rings. The summed E-state index contributed by atoms with van der Waals surface area (Å²) in [6.45, 7) is 0. The minimum atomic E-state index is -4.55. The fraction of sp³-hybridized carbons (Fsp3) is 0.0769. The van der Waals surface area contributed by atoms with E-state index < -0.39 is 17.6 Å². The van der Waals surface area contributed by atoms with E-state index in [0.717, 1.165) is 10.9 Å². The average molecular weight is 313 g/mol. The van der Waals surface area contributed by atoms with Crippen LogP contribution in [0.4, 0.5) is 17.6 Å². The molecule has 0 aliphatic heterocycles. The molecule has 2 aromatic heterocycles. The molecule has 3 rings (SSSR count). The number of hydrogen-bond donors (Lipinski definition) is 1. The number of nitrogens with one attached hydrogen (secondary N) is 1. The van der Waals surface area contributed by atoms with Crippen molar-refractivity contribution >= 4 is 11.3 Å². The maximum atomic E-state index is 13.7. The second-order valence-electron chi connectivity index (χ2n) is 4.18. The van der Waals surface area contributed by atoms with Gasteiger partial charge in [-0.2, -0.15) is 18.3 Å². The summed E-state index contributed by atoms with van der Waals surface area (Å²) < 4.78 is 51.8. The molecule has 0 radical (unpaired) electrons. The van der Waals surface area contributed by atoms with E-state index in [2.05, 4.69) is 15.2 Å². The molecule has 0 atom stereocenters. The zero-order chi connectivity index (χ0) is 15.0. The molecule has 0 unspecified atom stereocenters. The van der Waals surface area contributed by atoms with Crippen molar-refractivity contribution in [1.82, 2.24) is 15.2 Å². The van der Waals surface area contributed by atoms with Crippen molar-refractivity contribution in [3.63, 3.8) is 0 Å². The molecule has 0 aliphatic carbocycles. The second kappa shape index (κ2) is 4.96. The third kappa shape index (κ3) is 2.66. The van der Waals surface area contributed by atoms with Gasteiger partial charge < -0.3 is 0 Å². The van der Waals surface area contributed by atoms with Gasteiger partial charge in [0.1, 0.15) is 5.82 Å². The number of H-pyrrole nitrogens is 1. The first-order chi connectivity index (χ1) is 9.95. The summed E-state index contributed by atoms with van der Waals surface area (Å²) in [4.78, 5) is 4.81. The van der Waals surface area contributed by atoms with E-state index in [0.29, 0.717) is 18.0 Å². The standard InChI is InChI=1S/C13H7F4N3S/c14-9-4-3-7(13(15,16)17)6-8(9)11-18-12(20-19-11)10-2-1-5-21-10/h1-6H,(H,18,19,20). The van der Waals surface area contributed by atoms with Crippen LogP contribution in [0.1, 0.15) is 5.56 Å². The van der Waals surface area contributed by atoms with Gasteiger partial charge in [0.2, 0.25) is 0 Å². The number of alkyl halides is 3. The van der Waals surface area contributed by atoms with E-state index in [1.807, 2.05) is 5.38 Å². The number of benzene rings is 1. The minimum Gasteiger partial charge on any atom is -0.258 e. The van der Waals surface area contributed by atoms with Crippen molar-refractivity contribution in [2.24, 2.45) is 0 Å². The first kappa shape index (κ1) is 13.7. The van der Waals surface area contributed by atoms with E-state index in [1.165, 1.54) is 11.3 Å². The molecule has 2 heterocycles. The van der Waals surface area contributed by atoms with Crippen LogP contribution in [0.3, 0.4) is 0 Å². The maximum absolute atomic E-state index is 13.7. The fourth-order valence-corrected chi connectivity index (χ4v) is 2.44. The monoisotopic (exact) mass is 313 g/mol. The molecular weight excluding hydrogens is 306 g/mol. The van der Waals surface area contributed by atoms with Gasteiger partial charge >= 0.3 is 6.18 Å². The molecule has 0 aliphatic rings. The van der Waals surface area contributed by atoms with Crippen molar-refractivity contribution in [3.05, 3.63) is 47.1 Å². The average Bonchev–Trinajstić information content (AvgIpc) is 3.09. The summed E-state index contributed by atoms with van der Waals surface area (Å²) in [5.74, 6) is -0.529. The third-order valence-electron chi connectivity index (χ3n) is 2.77. The largest absolute Gasteiger partial charge is 0.416 e. The van der Waals surface area contributed by atoms with Crippen LogP contribution in [-0.2, 0) is 6.18 Å². The number of aromatic amines is 1. The number of thiophene rings is 1. The van der Waals surface area contributed by atoms with Crippen LogP contribution in [0.2, 0.25) is 0 Å². The molecule has 108 valence electrons. The van der Waals surface area contributed by atoms with Crippen LogP contribution >= 0.6 is 11.3 Å². The topological polar surface area (TPSA) is 41.6 Å². The van der Waals surface area contributed by atoms with Crippen LogP contribution in [0.25, 0.3) is 22.1 Å². The summed E-state index contributed by atoms with van der Waals surface area (Å²) in [5, 5.41) is 8.20. The molecule has 0 amide bonds. The Morgan fingerprint density at radius 2 is 1.95 bits per heavy atom. The minimum absolute atomic E-state index is 0.109. The lowest BCUT2D eigenvalue weighted by Crippen LogP contribution is -2.05. The Balaban J connectivity index is 2.04. The van der Waals surface area contributed by atoms with Gasteiger partial charge in [-0.25, -0.2) is 9.37 Å². The molecule has 0 fully saturated rings. The van der Waals surface area contributed by atoms with Gasteiger partial charge in [0.25, 0.3) is 0 Å². The first-order valence-electron chi connectivity index (χ1n) is 5.78. The SMILES string of the molecule is Fc1ccc(C(F)(F)F)cc1-c1n[nH]c(-c2cccs2)n1. The van der Waals surface area contributed by atoms with Crippen LogP contribution in [0, 0.1) is 5.82 Å². The Kier molecular flexibility index (Phi) is 3.25. The lowest BCUT2D eigenvalue weighted by Gasteiger charge is -2.07. The quantitative estimate of drug-likeness (QED) is 0.714. The molecule has 21 heavy (non-hydrogen) atoms. The predicted octanol–water partition coefficient (Wildman–Crippen LogP) is 4.36. The van der Waals surface area contributed by atoms with Crippen LogP contribution in [-0.4, -0.2) is 15.2 Å². The summed E-state index contributed by atoms with van der Waals surface area (Å²) in [7, 11) is 0. The number of aromatic nitrogens is 3. The normalized spacial score (nSPS) is 11.8. The van der Waals surface area contributed by atoms with Crippen molar-refractivity contribution in [3.8, 4) is 22.1 Å². The highest BCUT2D eigenvalue weighted by molar-refractivity contribution is 7.13. The van der Waals surface area contributed by atoms with Crippen molar-refractivity contribution in [2.75, 3.05) is 0 Å². The Hall–Kier alpha value is -2.22. The van der Waals surface area contributed by atoms with Crippen LogP contribution in [0.5, 0.6) is 0 Å². The highest BCUT2D eigenvalue weighted by atomic mass is 32.1. The van der Waals surface area contributed by atoms with Crippen molar-refractivity contribution < 1.29 is 17.6 Å². The highest BCUT2D eigenvalue weighted by Gasteiger charge is 2.31. The molecular formula is C13H7F4N3S. The molecule has 1 aromatic carbocycles. The van der Waals surface area contributed by atoms with Gasteiger partial charge in [-0.1, -0.05) is 6.07 Å². The van der Waals surface area contributed by atoms with Gasteiger partial charge in [-0.3, -0.25) is 5.10 Å². The van der Waals surface area contributed by atoms with Crippen LogP contribution in [0.15, 0.2) is 35.7 Å². The fourth-order valence-electron chi connectivity index (χ4n) is 1.78. The van der Waals surface area contributed by atoms with Gasteiger partial charge in [-0.15, -0.1) is 11.3 Å². The number of halogens is 4. The predicted molar refractivity (Wildman–Crippen MR) is 70.1 cm³/mol. The second-order valence-corrected chi connectivity index (χ2v) is 5.13. The molecule has 0 saturated carbocycles. The lowest BCUT2D eigenvalue weighted by molar-refractivity contribution is -0.137. The summed E-state index contributed by atoms with van der Waals surface area (Å²) >= 11 is 1.39. The lowest BCUT2D eigenvalue weighted by atomic mass is 10.1. The van der Waals surface area contributed by atoms with E-state index >= 15 is 0 Å². The molecule has 8 heteroatoms. The summed E-state index contributed by atoms with van der Waals surface area (Å²) in [6.07, 6.45) is -4.55. The maximum Gasteiger partial charge on any atom is 0.416 e. The molecule has 0 spiro atoms. The Morgan fingerprint density at radius 3 is 2.62 bits per heavy atom. The Morgan fingerprint density at radius 1 is 1.14 bits per heavy atom. The summed E-state index contributed by atoms with van der Waals surface area (Å²) in [5.41, 5.74) is -1.23. The molecule has 3 nitrogen and oxygen atoms in total. The van der Waals surface area contributed by atoms with Gasteiger partial charge in [0, 0.05) is 0 Å². The van der Waals surface area contributed by atoms with E-state index in [4.69, 9.17) is 0 Å². The first-order valence-corrected chi connectivity index (χ1v) is 6.66. The van der Waals surface area contributed by atoms with E-state index in [-0.39, 0.29) is 11.4 Å². The zero-order valence-corrected chi connectivity index (χ0v) is 11.1. The molecule has 1 N–H and O–H groups in total. The van der Waals surface area contributed by atoms with Crippen molar-refractivity contribution in [1.29, 1.82) is 0 Å². The zero-order valence-electron chi connectivity index (χ0n) is 10.3. The Labute approximate surface area is 120 Å². The number of hydrogen-bond acceptors (Lipinski definition) is 3. The third-order valence-corrected chi connectivity index (χ3v) is 3.65. The smallest absolute Gasteiger partial charge is 0.258 e. The highest BCUT2D eigenvalue weighted by Crippen LogP contribution is 2.33. The van der Waals surface area contributed by atoms with E-state index in [1.54, 1.807) is 12.1 Å². The Bertz CT molecular complexity index is 762. The van der Waals surface area contributed by atoms with Gasteiger partial charge in [0.15, 0.2) is 11.6 Å².